The van der Waals surface area contributed by atoms with Crippen LogP contribution in [0.2, 0.25) is 0 Å². The first-order valence-corrected chi connectivity index (χ1v) is 5.95. The highest BCUT2D eigenvalue weighted by Gasteiger charge is 2.29. The number of ether oxygens (including phenoxy) is 1. The zero-order valence-electron chi connectivity index (χ0n) is 9.67. The Bertz CT molecular complexity index is 339. The average Bonchev–Trinajstić information content (AvgIpc) is 2.82. The maximum Gasteiger partial charge on any atom is 0.334 e. The molecule has 0 aromatic carbocycles. The summed E-state index contributed by atoms with van der Waals surface area (Å²) in [7, 11) is 0. The van der Waals surface area contributed by atoms with E-state index in [1.807, 2.05) is 0 Å². The minimum absolute atomic E-state index is 0.0381. The van der Waals surface area contributed by atoms with Gasteiger partial charge in [-0.15, -0.1) is 0 Å². The van der Waals surface area contributed by atoms with E-state index in [-0.39, 0.29) is 12.5 Å². The Morgan fingerprint density at radius 2 is 2.29 bits per heavy atom. The normalized spacial score (nSPS) is 28.4. The predicted octanol–water partition coefficient (Wildman–Crippen LogP) is 0.655. The van der Waals surface area contributed by atoms with Crippen LogP contribution in [0.4, 0.5) is 0 Å². The summed E-state index contributed by atoms with van der Waals surface area (Å²) in [5.74, 6) is -0.631. The van der Waals surface area contributed by atoms with Gasteiger partial charge in [0.1, 0.15) is 0 Å². The van der Waals surface area contributed by atoms with Crippen LogP contribution in [0.25, 0.3) is 0 Å². The summed E-state index contributed by atoms with van der Waals surface area (Å²) < 4.78 is 5.08. The van der Waals surface area contributed by atoms with Crippen molar-refractivity contribution in [3.8, 4) is 0 Å². The lowest BCUT2D eigenvalue weighted by atomic mass is 10.0. The van der Waals surface area contributed by atoms with E-state index in [9.17, 15) is 9.59 Å². The number of nitrogens with zero attached hydrogens (tertiary/aromatic N) is 1. The van der Waals surface area contributed by atoms with Gasteiger partial charge in [0.25, 0.3) is 0 Å². The van der Waals surface area contributed by atoms with Crippen LogP contribution in [0, 0.1) is 5.92 Å². The van der Waals surface area contributed by atoms with Gasteiger partial charge in [0.05, 0.1) is 13.2 Å². The lowest BCUT2D eigenvalue weighted by Crippen LogP contribution is -2.48. The topological polar surface area (TPSA) is 66.8 Å². The molecule has 2 atom stereocenters. The lowest BCUT2D eigenvalue weighted by molar-refractivity contribution is -0.159. The first-order chi connectivity index (χ1) is 8.16. The highest BCUT2D eigenvalue weighted by atomic mass is 16.5. The molecule has 1 aliphatic heterocycles. The number of allylic oxidation sites excluding steroid dienone is 2. The van der Waals surface area contributed by atoms with Gasteiger partial charge in [0, 0.05) is 13.0 Å². The average molecular weight is 239 g/mol. The number of carbonyl (C=O) groups is 2. The van der Waals surface area contributed by atoms with Crippen LogP contribution in [0.5, 0.6) is 0 Å². The molecule has 0 spiro atoms. The number of morpholine rings is 1. The summed E-state index contributed by atoms with van der Waals surface area (Å²) in [5.41, 5.74) is 0. The molecule has 17 heavy (non-hydrogen) atoms. The summed E-state index contributed by atoms with van der Waals surface area (Å²) in [6, 6.07) is 0. The van der Waals surface area contributed by atoms with Gasteiger partial charge in [-0.25, -0.2) is 4.79 Å². The molecule has 1 aliphatic carbocycles. The Morgan fingerprint density at radius 3 is 2.94 bits per heavy atom. The Labute approximate surface area is 100 Å². The third-order valence-electron chi connectivity index (χ3n) is 3.24. The highest BCUT2D eigenvalue weighted by Crippen LogP contribution is 2.21. The third kappa shape index (κ3) is 3.06. The van der Waals surface area contributed by atoms with Crippen LogP contribution in [0.3, 0.4) is 0 Å². The number of carboxylic acid groups (broad SMARTS) is 1. The molecular formula is C12H17NO4. The van der Waals surface area contributed by atoms with Crippen molar-refractivity contribution in [2.24, 2.45) is 5.92 Å². The summed E-state index contributed by atoms with van der Waals surface area (Å²) in [6.07, 6.45) is 5.86. The van der Waals surface area contributed by atoms with E-state index in [2.05, 4.69) is 12.2 Å². The molecule has 0 bridgehead atoms. The van der Waals surface area contributed by atoms with Crippen molar-refractivity contribution >= 4 is 11.9 Å². The molecule has 1 amide bonds. The largest absolute Gasteiger partial charge is 0.479 e. The fourth-order valence-electron chi connectivity index (χ4n) is 2.24. The molecule has 0 aromatic heterocycles. The molecule has 1 fully saturated rings. The third-order valence-corrected chi connectivity index (χ3v) is 3.24. The van der Waals surface area contributed by atoms with E-state index in [0.717, 1.165) is 12.8 Å². The molecule has 0 radical (unpaired) electrons. The number of rotatable bonds is 3. The summed E-state index contributed by atoms with van der Waals surface area (Å²) >= 11 is 0. The number of hydrogen-bond acceptors (Lipinski definition) is 3. The number of amides is 1. The van der Waals surface area contributed by atoms with E-state index in [4.69, 9.17) is 9.84 Å². The van der Waals surface area contributed by atoms with Crippen LogP contribution in [-0.4, -0.2) is 47.7 Å². The van der Waals surface area contributed by atoms with E-state index >= 15 is 0 Å². The van der Waals surface area contributed by atoms with Gasteiger partial charge in [-0.3, -0.25) is 4.79 Å². The van der Waals surface area contributed by atoms with Crippen LogP contribution < -0.4 is 0 Å². The fourth-order valence-corrected chi connectivity index (χ4v) is 2.24. The van der Waals surface area contributed by atoms with Gasteiger partial charge in [-0.1, -0.05) is 12.2 Å². The Kier molecular flexibility index (Phi) is 3.78. The van der Waals surface area contributed by atoms with Gasteiger partial charge in [0.15, 0.2) is 6.10 Å². The molecule has 2 aliphatic rings. The second-order valence-corrected chi connectivity index (χ2v) is 4.51. The lowest BCUT2D eigenvalue weighted by Gasteiger charge is -2.31. The molecule has 0 unspecified atom stereocenters. The van der Waals surface area contributed by atoms with E-state index in [1.165, 1.54) is 0 Å². The standard InChI is InChI=1S/C12H17NO4/c14-11(7-9-3-1-2-4-9)13-5-6-17-10(8-13)12(15)16/h1,3,9-10H,2,4-8H2,(H,15,16)/t9-,10-/m0/s1. The van der Waals surface area contributed by atoms with Gasteiger partial charge in [-0.2, -0.15) is 0 Å². The van der Waals surface area contributed by atoms with Crippen molar-refractivity contribution in [2.75, 3.05) is 19.7 Å². The van der Waals surface area contributed by atoms with E-state index in [0.29, 0.717) is 25.5 Å². The minimum Gasteiger partial charge on any atom is -0.479 e. The summed E-state index contributed by atoms with van der Waals surface area (Å²) in [4.78, 5) is 24.4. The Hall–Kier alpha value is -1.36. The van der Waals surface area contributed by atoms with Crippen molar-refractivity contribution in [3.63, 3.8) is 0 Å². The van der Waals surface area contributed by atoms with Crippen molar-refractivity contribution in [1.29, 1.82) is 0 Å². The van der Waals surface area contributed by atoms with Crippen molar-refractivity contribution < 1.29 is 19.4 Å². The molecular weight excluding hydrogens is 222 g/mol. The van der Waals surface area contributed by atoms with Crippen molar-refractivity contribution in [1.82, 2.24) is 4.90 Å². The first kappa shape index (κ1) is 12.1. The Morgan fingerprint density at radius 1 is 1.47 bits per heavy atom. The summed E-state index contributed by atoms with van der Waals surface area (Å²) in [5, 5.41) is 8.85. The van der Waals surface area contributed by atoms with Crippen LogP contribution in [0.15, 0.2) is 12.2 Å². The summed E-state index contributed by atoms with van der Waals surface area (Å²) in [6.45, 7) is 0.979. The molecule has 0 aromatic rings. The van der Waals surface area contributed by atoms with Crippen LogP contribution >= 0.6 is 0 Å². The maximum atomic E-state index is 12.0. The molecule has 2 rings (SSSR count). The molecule has 5 heteroatoms. The smallest absolute Gasteiger partial charge is 0.334 e. The number of carboxylic acids is 1. The molecule has 1 saturated heterocycles. The molecule has 1 N–H and O–H groups in total. The fraction of sp³-hybridized carbons (Fsp3) is 0.667. The van der Waals surface area contributed by atoms with Gasteiger partial charge in [0.2, 0.25) is 5.91 Å². The van der Waals surface area contributed by atoms with Gasteiger partial charge < -0.3 is 14.7 Å². The molecule has 5 nitrogen and oxygen atoms in total. The quantitative estimate of drug-likeness (QED) is 0.734. The van der Waals surface area contributed by atoms with E-state index in [1.54, 1.807) is 4.90 Å². The number of carbonyl (C=O) groups excluding carboxylic acids is 1. The maximum absolute atomic E-state index is 12.0. The first-order valence-electron chi connectivity index (χ1n) is 5.95. The molecule has 0 saturated carbocycles. The molecule has 94 valence electrons. The van der Waals surface area contributed by atoms with Crippen molar-refractivity contribution in [2.45, 2.75) is 25.4 Å². The molecule has 1 heterocycles. The zero-order chi connectivity index (χ0) is 12.3. The second-order valence-electron chi connectivity index (χ2n) is 4.51. The van der Waals surface area contributed by atoms with Crippen LogP contribution in [-0.2, 0) is 14.3 Å². The highest BCUT2D eigenvalue weighted by molar-refractivity contribution is 5.79. The van der Waals surface area contributed by atoms with E-state index < -0.39 is 12.1 Å². The van der Waals surface area contributed by atoms with Gasteiger partial charge in [-0.05, 0) is 18.8 Å². The second kappa shape index (κ2) is 5.31. The SMILES string of the molecule is O=C(O)[C@@H]1CN(C(=O)C[C@H]2C=CCC2)CCO1. The monoisotopic (exact) mass is 239 g/mol. The van der Waals surface area contributed by atoms with Crippen LogP contribution in [0.1, 0.15) is 19.3 Å². The van der Waals surface area contributed by atoms with Crippen molar-refractivity contribution in [3.05, 3.63) is 12.2 Å². The predicted molar refractivity (Wildman–Crippen MR) is 60.4 cm³/mol. The number of aliphatic carboxylic acids is 1. The Balaban J connectivity index is 1.85. The minimum atomic E-state index is -0.997. The zero-order valence-corrected chi connectivity index (χ0v) is 9.67. The van der Waals surface area contributed by atoms with Gasteiger partial charge >= 0.3 is 5.97 Å². The number of hydrogen-bond donors (Lipinski definition) is 1.